The highest BCUT2D eigenvalue weighted by atomic mass is 16.6. The van der Waals surface area contributed by atoms with E-state index in [0.29, 0.717) is 17.4 Å². The van der Waals surface area contributed by atoms with Crippen LogP contribution in [0.25, 0.3) is 11.3 Å². The Bertz CT molecular complexity index is 1020. The van der Waals surface area contributed by atoms with Crippen molar-refractivity contribution in [3.05, 3.63) is 66.0 Å². The van der Waals surface area contributed by atoms with E-state index in [9.17, 15) is 4.79 Å². The average molecular weight is 407 g/mol. The van der Waals surface area contributed by atoms with E-state index in [1.807, 2.05) is 62.4 Å². The van der Waals surface area contributed by atoms with Crippen molar-refractivity contribution in [3.63, 3.8) is 0 Å². The summed E-state index contributed by atoms with van der Waals surface area (Å²) in [4.78, 5) is 20.4. The lowest BCUT2D eigenvalue weighted by Gasteiger charge is -2.17. The molecule has 30 heavy (non-hydrogen) atoms. The number of nitrogens with zero attached hydrogens (tertiary/aromatic N) is 2. The lowest BCUT2D eigenvalue weighted by Crippen LogP contribution is -2.13. The van der Waals surface area contributed by atoms with Crippen molar-refractivity contribution in [2.75, 3.05) is 26.1 Å². The molecule has 0 saturated carbocycles. The Balaban J connectivity index is 1.77. The number of esters is 1. The quantitative estimate of drug-likeness (QED) is 0.561. The van der Waals surface area contributed by atoms with Gasteiger partial charge in [0.15, 0.2) is 6.61 Å². The summed E-state index contributed by atoms with van der Waals surface area (Å²) >= 11 is 0. The summed E-state index contributed by atoms with van der Waals surface area (Å²) in [6, 6.07) is 17.2. The number of ether oxygens (including phenoxy) is 3. The van der Waals surface area contributed by atoms with Crippen molar-refractivity contribution in [1.29, 1.82) is 0 Å². The van der Waals surface area contributed by atoms with Crippen molar-refractivity contribution in [3.8, 4) is 22.8 Å². The molecule has 3 rings (SSSR count). The van der Waals surface area contributed by atoms with Crippen LogP contribution in [0.1, 0.15) is 24.4 Å². The Kier molecular flexibility index (Phi) is 6.85. The molecule has 0 radical (unpaired) electrons. The number of hydrogen-bond donors (Lipinski definition) is 1. The normalized spacial score (nSPS) is 11.5. The fourth-order valence-electron chi connectivity index (χ4n) is 2.95. The number of aryl methyl sites for hydroxylation is 1. The van der Waals surface area contributed by atoms with Crippen molar-refractivity contribution in [2.45, 2.75) is 19.9 Å². The zero-order chi connectivity index (χ0) is 21.5. The Morgan fingerprint density at radius 3 is 2.57 bits per heavy atom. The molecule has 0 saturated heterocycles. The summed E-state index contributed by atoms with van der Waals surface area (Å²) in [6.45, 7) is 3.76. The van der Waals surface area contributed by atoms with Gasteiger partial charge in [-0.05, 0) is 43.7 Å². The minimum absolute atomic E-state index is 0.0425. The molecule has 0 bridgehead atoms. The van der Waals surface area contributed by atoms with Gasteiger partial charge in [-0.1, -0.05) is 24.3 Å². The highest BCUT2D eigenvalue weighted by Crippen LogP contribution is 2.26. The predicted octanol–water partition coefficient (Wildman–Crippen LogP) is 4.19. The molecular formula is C23H25N3O4. The number of nitrogens with one attached hydrogen (secondary N) is 1. The van der Waals surface area contributed by atoms with E-state index < -0.39 is 5.97 Å². The van der Waals surface area contributed by atoms with E-state index in [4.69, 9.17) is 9.47 Å². The summed E-state index contributed by atoms with van der Waals surface area (Å²) < 4.78 is 15.4. The Morgan fingerprint density at radius 1 is 1.03 bits per heavy atom. The first-order valence-corrected chi connectivity index (χ1v) is 9.54. The molecular weight excluding hydrogens is 382 g/mol. The maximum absolute atomic E-state index is 11.3. The maximum atomic E-state index is 11.3. The van der Waals surface area contributed by atoms with Gasteiger partial charge in [0.05, 0.1) is 26.0 Å². The molecule has 0 fully saturated rings. The molecule has 0 spiro atoms. The highest BCUT2D eigenvalue weighted by Gasteiger charge is 2.11. The highest BCUT2D eigenvalue weighted by molar-refractivity contribution is 5.70. The van der Waals surface area contributed by atoms with E-state index in [1.165, 1.54) is 7.11 Å². The zero-order valence-corrected chi connectivity index (χ0v) is 17.5. The molecule has 7 heteroatoms. The number of anilines is 1. The first-order chi connectivity index (χ1) is 14.5. The standard InChI is InChI=1S/C23H25N3O4/c1-15(17-7-5-10-20(11-17)30-14-23(27)29-4)24-22-13-21(25-16(2)26-22)18-8-6-9-19(12-18)28-3/h5-13,15H,14H2,1-4H3,(H,24,25,26). The molecule has 1 atom stereocenters. The second-order valence-corrected chi connectivity index (χ2v) is 6.72. The van der Waals surface area contributed by atoms with Crippen molar-refractivity contribution < 1.29 is 19.0 Å². The molecule has 156 valence electrons. The van der Waals surface area contributed by atoms with Crippen molar-refractivity contribution in [2.24, 2.45) is 0 Å². The van der Waals surface area contributed by atoms with Crippen LogP contribution >= 0.6 is 0 Å². The van der Waals surface area contributed by atoms with Crippen LogP contribution in [-0.4, -0.2) is 36.8 Å². The second-order valence-electron chi connectivity index (χ2n) is 6.72. The van der Waals surface area contributed by atoms with Crippen LogP contribution in [0, 0.1) is 6.92 Å². The Hall–Kier alpha value is -3.61. The van der Waals surface area contributed by atoms with Crippen LogP contribution in [0.3, 0.4) is 0 Å². The van der Waals surface area contributed by atoms with E-state index in [0.717, 1.165) is 22.6 Å². The molecule has 0 aliphatic carbocycles. The summed E-state index contributed by atoms with van der Waals surface area (Å²) in [6.07, 6.45) is 0. The minimum atomic E-state index is -0.423. The number of aromatic nitrogens is 2. The van der Waals surface area contributed by atoms with Gasteiger partial charge in [-0.15, -0.1) is 0 Å². The molecule has 3 aromatic rings. The number of carbonyl (C=O) groups excluding carboxylic acids is 1. The second kappa shape index (κ2) is 9.73. The van der Waals surface area contributed by atoms with Gasteiger partial charge in [-0.2, -0.15) is 0 Å². The predicted molar refractivity (Wildman–Crippen MR) is 115 cm³/mol. The van der Waals surface area contributed by atoms with Crippen LogP contribution in [0.2, 0.25) is 0 Å². The Labute approximate surface area is 176 Å². The summed E-state index contributed by atoms with van der Waals surface area (Å²) in [5.74, 6) is 2.33. The third-order valence-electron chi connectivity index (χ3n) is 4.51. The first-order valence-electron chi connectivity index (χ1n) is 9.54. The van der Waals surface area contributed by atoms with Gasteiger partial charge in [0, 0.05) is 11.6 Å². The van der Waals surface area contributed by atoms with E-state index in [1.54, 1.807) is 13.2 Å². The van der Waals surface area contributed by atoms with E-state index in [2.05, 4.69) is 20.0 Å². The van der Waals surface area contributed by atoms with Crippen LogP contribution in [0.4, 0.5) is 5.82 Å². The number of rotatable bonds is 8. The lowest BCUT2D eigenvalue weighted by molar-refractivity contribution is -0.142. The van der Waals surface area contributed by atoms with Gasteiger partial charge < -0.3 is 19.5 Å². The number of carbonyl (C=O) groups is 1. The number of hydrogen-bond acceptors (Lipinski definition) is 7. The van der Waals surface area contributed by atoms with Gasteiger partial charge in [0.2, 0.25) is 0 Å². The fraction of sp³-hybridized carbons (Fsp3) is 0.261. The zero-order valence-electron chi connectivity index (χ0n) is 17.5. The van der Waals surface area contributed by atoms with Gasteiger partial charge in [-0.25, -0.2) is 14.8 Å². The molecule has 7 nitrogen and oxygen atoms in total. The molecule has 0 amide bonds. The summed E-state index contributed by atoms with van der Waals surface area (Å²) in [7, 11) is 2.97. The largest absolute Gasteiger partial charge is 0.497 e. The molecule has 0 aliphatic heterocycles. The minimum Gasteiger partial charge on any atom is -0.497 e. The summed E-state index contributed by atoms with van der Waals surface area (Å²) in [5, 5.41) is 3.41. The molecule has 0 aliphatic rings. The fourth-order valence-corrected chi connectivity index (χ4v) is 2.95. The third kappa shape index (κ3) is 5.47. The number of methoxy groups -OCH3 is 2. The molecule has 1 aromatic heterocycles. The topological polar surface area (TPSA) is 82.6 Å². The van der Waals surface area contributed by atoms with Crippen LogP contribution in [0.15, 0.2) is 54.6 Å². The SMILES string of the molecule is COC(=O)COc1cccc(C(C)Nc2cc(-c3cccc(OC)c3)nc(C)n2)c1. The average Bonchev–Trinajstić information content (AvgIpc) is 2.77. The molecule has 1 N–H and O–H groups in total. The molecule has 1 unspecified atom stereocenters. The third-order valence-corrected chi connectivity index (χ3v) is 4.51. The molecule has 2 aromatic carbocycles. The van der Waals surface area contributed by atoms with Crippen LogP contribution < -0.4 is 14.8 Å². The van der Waals surface area contributed by atoms with Crippen LogP contribution in [-0.2, 0) is 9.53 Å². The monoisotopic (exact) mass is 407 g/mol. The van der Waals surface area contributed by atoms with Crippen molar-refractivity contribution >= 4 is 11.8 Å². The van der Waals surface area contributed by atoms with Gasteiger partial charge in [0.25, 0.3) is 0 Å². The van der Waals surface area contributed by atoms with Gasteiger partial charge >= 0.3 is 5.97 Å². The van der Waals surface area contributed by atoms with Gasteiger partial charge in [-0.3, -0.25) is 0 Å². The van der Waals surface area contributed by atoms with Gasteiger partial charge in [0.1, 0.15) is 23.1 Å². The van der Waals surface area contributed by atoms with E-state index >= 15 is 0 Å². The number of benzene rings is 2. The maximum Gasteiger partial charge on any atom is 0.343 e. The molecule has 1 heterocycles. The lowest BCUT2D eigenvalue weighted by atomic mass is 10.1. The summed E-state index contributed by atoms with van der Waals surface area (Å²) in [5.41, 5.74) is 2.76. The van der Waals surface area contributed by atoms with Crippen LogP contribution in [0.5, 0.6) is 11.5 Å². The van der Waals surface area contributed by atoms with E-state index in [-0.39, 0.29) is 12.6 Å². The Morgan fingerprint density at radius 2 is 1.80 bits per heavy atom. The van der Waals surface area contributed by atoms with Crippen molar-refractivity contribution in [1.82, 2.24) is 9.97 Å². The first kappa shape index (κ1) is 21.1. The smallest absolute Gasteiger partial charge is 0.343 e.